The molecule has 1 amide bonds. The average Bonchev–Trinajstić information content (AvgIpc) is 2.61. The number of aromatic nitrogens is 1. The summed E-state index contributed by atoms with van der Waals surface area (Å²) in [6.45, 7) is 2.88. The first kappa shape index (κ1) is 17.0. The van der Waals surface area contributed by atoms with Crippen molar-refractivity contribution in [2.45, 2.75) is 25.7 Å². The van der Waals surface area contributed by atoms with Gasteiger partial charge in [0.25, 0.3) is 0 Å². The first-order valence-electron chi connectivity index (χ1n) is 7.97. The van der Waals surface area contributed by atoms with Crippen molar-refractivity contribution >= 4 is 5.91 Å². The van der Waals surface area contributed by atoms with Gasteiger partial charge in [-0.15, -0.1) is 0 Å². The molecule has 2 aromatic rings. The molecule has 2 rings (SSSR count). The summed E-state index contributed by atoms with van der Waals surface area (Å²) in [7, 11) is 3.49. The number of carbonyl (C=O) groups is 1. The number of likely N-dealkylation sites (N-methyl/N-ethyl adjacent to an activating group) is 1. The third kappa shape index (κ3) is 4.31. The van der Waals surface area contributed by atoms with Gasteiger partial charge in [0.1, 0.15) is 11.7 Å². The Hall–Kier alpha value is -2.36. The van der Waals surface area contributed by atoms with Gasteiger partial charge in [-0.2, -0.15) is 0 Å². The van der Waals surface area contributed by atoms with Gasteiger partial charge in [-0.25, -0.2) is 0 Å². The molecule has 0 radical (unpaired) electrons. The van der Waals surface area contributed by atoms with E-state index in [-0.39, 0.29) is 11.8 Å². The summed E-state index contributed by atoms with van der Waals surface area (Å²) in [5.41, 5.74) is 1.70. The number of carbonyl (C=O) groups excluding carboxylic acids is 1. The fourth-order valence-electron chi connectivity index (χ4n) is 2.51. The maximum absolute atomic E-state index is 13.0. The van der Waals surface area contributed by atoms with E-state index in [1.54, 1.807) is 18.2 Å². The summed E-state index contributed by atoms with van der Waals surface area (Å²) in [5, 5.41) is 0. The lowest BCUT2D eigenvalue weighted by Gasteiger charge is -2.24. The number of benzene rings is 1. The number of hydrogen-bond donors (Lipinski definition) is 0. The molecule has 23 heavy (non-hydrogen) atoms. The molecule has 4 nitrogen and oxygen atoms in total. The molecule has 0 bridgehead atoms. The van der Waals surface area contributed by atoms with Crippen molar-refractivity contribution in [2.24, 2.45) is 0 Å². The zero-order chi connectivity index (χ0) is 16.7. The Balaban J connectivity index is 2.33. The number of ether oxygens (including phenoxy) is 1. The smallest absolute Gasteiger partial charge is 0.235 e. The van der Waals surface area contributed by atoms with Gasteiger partial charge in [0.2, 0.25) is 5.91 Å². The van der Waals surface area contributed by atoms with Crippen LogP contribution in [0.5, 0.6) is 5.75 Å². The summed E-state index contributed by atoms with van der Waals surface area (Å²) < 4.78 is 5.20. The first-order valence-corrected chi connectivity index (χ1v) is 7.97. The van der Waals surface area contributed by atoms with Crippen molar-refractivity contribution < 1.29 is 9.53 Å². The molecule has 0 spiro atoms. The highest BCUT2D eigenvalue weighted by Crippen LogP contribution is 2.27. The number of methoxy groups -OCH3 is 1. The molecule has 1 heterocycles. The van der Waals surface area contributed by atoms with E-state index in [9.17, 15) is 4.79 Å². The molecule has 0 aliphatic rings. The quantitative estimate of drug-likeness (QED) is 0.786. The SMILES string of the molecule is CCCCN(C)C(=O)C(c1ccc(OC)cc1)c1ccccn1. The third-order valence-corrected chi connectivity index (χ3v) is 3.90. The molecule has 0 fully saturated rings. The summed E-state index contributed by atoms with van der Waals surface area (Å²) in [6, 6.07) is 13.3. The second kappa shape index (κ2) is 8.32. The molecule has 4 heteroatoms. The molecule has 1 unspecified atom stereocenters. The Morgan fingerprint density at radius 3 is 2.52 bits per heavy atom. The van der Waals surface area contributed by atoms with E-state index in [0.717, 1.165) is 36.4 Å². The van der Waals surface area contributed by atoms with E-state index >= 15 is 0 Å². The van der Waals surface area contributed by atoms with Gasteiger partial charge in [0, 0.05) is 19.8 Å². The van der Waals surface area contributed by atoms with Gasteiger partial charge in [-0.1, -0.05) is 31.5 Å². The van der Waals surface area contributed by atoms with Crippen LogP contribution in [0.3, 0.4) is 0 Å². The number of hydrogen-bond acceptors (Lipinski definition) is 3. The molecule has 1 aromatic carbocycles. The van der Waals surface area contributed by atoms with Crippen LogP contribution in [-0.4, -0.2) is 36.5 Å². The van der Waals surface area contributed by atoms with E-state index in [4.69, 9.17) is 4.74 Å². The minimum atomic E-state index is -0.385. The third-order valence-electron chi connectivity index (χ3n) is 3.90. The average molecular weight is 312 g/mol. The molecule has 1 atom stereocenters. The molecule has 0 aliphatic carbocycles. The maximum atomic E-state index is 13.0. The van der Waals surface area contributed by atoms with Crippen LogP contribution in [0.1, 0.15) is 36.9 Å². The summed E-state index contributed by atoms with van der Waals surface area (Å²) in [5.74, 6) is 0.464. The first-order chi connectivity index (χ1) is 11.2. The van der Waals surface area contributed by atoms with Crippen LogP contribution >= 0.6 is 0 Å². The molecule has 122 valence electrons. The van der Waals surface area contributed by atoms with Crippen LogP contribution in [0.2, 0.25) is 0 Å². The number of unbranched alkanes of at least 4 members (excludes halogenated alkanes) is 1. The Labute approximate surface area is 138 Å². The predicted molar refractivity (Wildman–Crippen MR) is 91.6 cm³/mol. The van der Waals surface area contributed by atoms with Crippen LogP contribution in [0.15, 0.2) is 48.7 Å². The number of pyridine rings is 1. The summed E-state index contributed by atoms with van der Waals surface area (Å²) >= 11 is 0. The second-order valence-corrected chi connectivity index (χ2v) is 5.57. The molecule has 1 aromatic heterocycles. The molecule has 0 saturated heterocycles. The summed E-state index contributed by atoms with van der Waals surface area (Å²) in [4.78, 5) is 19.2. The highest BCUT2D eigenvalue weighted by atomic mass is 16.5. The summed E-state index contributed by atoms with van der Waals surface area (Å²) in [6.07, 6.45) is 3.79. The van der Waals surface area contributed by atoms with Crippen LogP contribution in [0, 0.1) is 0 Å². The minimum absolute atomic E-state index is 0.0716. The van der Waals surface area contributed by atoms with Crippen molar-refractivity contribution in [1.82, 2.24) is 9.88 Å². The van der Waals surface area contributed by atoms with E-state index in [1.807, 2.05) is 49.5 Å². The molecule has 0 saturated carbocycles. The van der Waals surface area contributed by atoms with Crippen molar-refractivity contribution in [3.05, 3.63) is 59.9 Å². The molecular formula is C19H24N2O2. The molecular weight excluding hydrogens is 288 g/mol. The standard InChI is InChI=1S/C19H24N2O2/c1-4-5-14-21(2)19(22)18(17-8-6-7-13-20-17)15-9-11-16(23-3)12-10-15/h6-13,18H,4-5,14H2,1-3H3. The monoisotopic (exact) mass is 312 g/mol. The topological polar surface area (TPSA) is 42.4 Å². The van der Waals surface area contributed by atoms with E-state index < -0.39 is 0 Å². The normalized spacial score (nSPS) is 11.8. The van der Waals surface area contributed by atoms with Crippen molar-refractivity contribution in [3.63, 3.8) is 0 Å². The van der Waals surface area contributed by atoms with Crippen molar-refractivity contribution in [3.8, 4) is 5.75 Å². The zero-order valence-electron chi connectivity index (χ0n) is 14.0. The van der Waals surface area contributed by atoms with Crippen molar-refractivity contribution in [2.75, 3.05) is 20.7 Å². The number of nitrogens with zero attached hydrogens (tertiary/aromatic N) is 2. The Morgan fingerprint density at radius 2 is 1.96 bits per heavy atom. The predicted octanol–water partition coefficient (Wildman–Crippen LogP) is 3.48. The number of rotatable bonds is 7. The van der Waals surface area contributed by atoms with Gasteiger partial charge >= 0.3 is 0 Å². The molecule has 0 aliphatic heterocycles. The van der Waals surface area contributed by atoms with Gasteiger partial charge < -0.3 is 9.64 Å². The van der Waals surface area contributed by atoms with Gasteiger partial charge in [0.15, 0.2) is 0 Å². The van der Waals surface area contributed by atoms with Gasteiger partial charge in [-0.05, 0) is 36.2 Å². The van der Waals surface area contributed by atoms with E-state index in [2.05, 4.69) is 11.9 Å². The highest BCUT2D eigenvalue weighted by Gasteiger charge is 2.26. The Bertz CT molecular complexity index is 611. The Morgan fingerprint density at radius 1 is 1.22 bits per heavy atom. The van der Waals surface area contributed by atoms with Gasteiger partial charge in [0.05, 0.1) is 12.8 Å². The van der Waals surface area contributed by atoms with Crippen LogP contribution in [-0.2, 0) is 4.79 Å². The second-order valence-electron chi connectivity index (χ2n) is 5.57. The van der Waals surface area contributed by atoms with Crippen LogP contribution in [0.25, 0.3) is 0 Å². The van der Waals surface area contributed by atoms with E-state index in [1.165, 1.54) is 0 Å². The fraction of sp³-hybridized carbons (Fsp3) is 0.368. The van der Waals surface area contributed by atoms with Gasteiger partial charge in [-0.3, -0.25) is 9.78 Å². The van der Waals surface area contributed by atoms with E-state index in [0.29, 0.717) is 0 Å². The minimum Gasteiger partial charge on any atom is -0.497 e. The number of amides is 1. The van der Waals surface area contributed by atoms with Crippen LogP contribution in [0.4, 0.5) is 0 Å². The maximum Gasteiger partial charge on any atom is 0.235 e. The highest BCUT2D eigenvalue weighted by molar-refractivity contribution is 5.86. The lowest BCUT2D eigenvalue weighted by Crippen LogP contribution is -2.33. The largest absolute Gasteiger partial charge is 0.497 e. The van der Waals surface area contributed by atoms with Crippen LogP contribution < -0.4 is 4.74 Å². The Kier molecular flexibility index (Phi) is 6.15. The fourth-order valence-corrected chi connectivity index (χ4v) is 2.51. The zero-order valence-corrected chi connectivity index (χ0v) is 14.0. The molecule has 0 N–H and O–H groups in total. The lowest BCUT2D eigenvalue weighted by molar-refractivity contribution is -0.130. The van der Waals surface area contributed by atoms with Crippen molar-refractivity contribution in [1.29, 1.82) is 0 Å². The lowest BCUT2D eigenvalue weighted by atomic mass is 9.93.